The van der Waals surface area contributed by atoms with Crippen LogP contribution >= 0.6 is 34.5 Å². The molecule has 0 spiro atoms. The highest BCUT2D eigenvalue weighted by molar-refractivity contribution is 7.12. The second-order valence-corrected chi connectivity index (χ2v) is 6.37. The van der Waals surface area contributed by atoms with Gasteiger partial charge in [-0.1, -0.05) is 23.2 Å². The van der Waals surface area contributed by atoms with Crippen molar-refractivity contribution in [3.8, 4) is 5.75 Å². The van der Waals surface area contributed by atoms with Crippen LogP contribution in [-0.2, 0) is 13.2 Å². The summed E-state index contributed by atoms with van der Waals surface area (Å²) < 4.78 is 5.75. The standard InChI is InChI=1S/C14H15Cl2NOS/c1-9-10(5-12(19-9)7-17-2)8-18-14-4-3-11(15)6-13(14)16/h3-6,17H,7-8H2,1-2H3. The van der Waals surface area contributed by atoms with Crippen molar-refractivity contribution in [3.63, 3.8) is 0 Å². The van der Waals surface area contributed by atoms with Gasteiger partial charge in [0, 0.05) is 26.9 Å². The second kappa shape index (κ2) is 6.62. The predicted molar refractivity (Wildman–Crippen MR) is 82.6 cm³/mol. The summed E-state index contributed by atoms with van der Waals surface area (Å²) in [6.07, 6.45) is 0. The lowest BCUT2D eigenvalue weighted by atomic mass is 10.2. The van der Waals surface area contributed by atoms with Gasteiger partial charge >= 0.3 is 0 Å². The third kappa shape index (κ3) is 3.86. The normalized spacial score (nSPS) is 10.7. The van der Waals surface area contributed by atoms with Crippen LogP contribution in [0.4, 0.5) is 0 Å². The number of rotatable bonds is 5. The minimum Gasteiger partial charge on any atom is -0.487 e. The maximum Gasteiger partial charge on any atom is 0.138 e. The van der Waals surface area contributed by atoms with Crippen molar-refractivity contribution in [2.45, 2.75) is 20.1 Å². The fourth-order valence-electron chi connectivity index (χ4n) is 1.74. The number of hydrogen-bond donors (Lipinski definition) is 1. The summed E-state index contributed by atoms with van der Waals surface area (Å²) in [6.45, 7) is 3.51. The Morgan fingerprint density at radius 2 is 2.05 bits per heavy atom. The monoisotopic (exact) mass is 315 g/mol. The number of halogens is 2. The van der Waals surface area contributed by atoms with Gasteiger partial charge in [0.25, 0.3) is 0 Å². The maximum absolute atomic E-state index is 6.07. The lowest BCUT2D eigenvalue weighted by molar-refractivity contribution is 0.306. The van der Waals surface area contributed by atoms with Gasteiger partial charge in [-0.2, -0.15) is 0 Å². The smallest absolute Gasteiger partial charge is 0.138 e. The molecule has 102 valence electrons. The SMILES string of the molecule is CNCc1cc(COc2ccc(Cl)cc2Cl)c(C)s1. The van der Waals surface area contributed by atoms with Crippen LogP contribution in [0.25, 0.3) is 0 Å². The Bertz CT molecular complexity index is 569. The van der Waals surface area contributed by atoms with Crippen LogP contribution < -0.4 is 10.1 Å². The van der Waals surface area contributed by atoms with Crippen molar-refractivity contribution in [2.24, 2.45) is 0 Å². The van der Waals surface area contributed by atoms with Crippen molar-refractivity contribution in [1.29, 1.82) is 0 Å². The van der Waals surface area contributed by atoms with Gasteiger partial charge in [-0.15, -0.1) is 11.3 Å². The summed E-state index contributed by atoms with van der Waals surface area (Å²) in [4.78, 5) is 2.58. The number of aryl methyl sites for hydroxylation is 1. The van der Waals surface area contributed by atoms with Gasteiger partial charge in [0.05, 0.1) is 5.02 Å². The Balaban J connectivity index is 2.05. The molecule has 2 aromatic rings. The van der Waals surface area contributed by atoms with Crippen LogP contribution in [0.5, 0.6) is 5.75 Å². The minimum atomic E-state index is 0.521. The molecule has 5 heteroatoms. The van der Waals surface area contributed by atoms with E-state index in [9.17, 15) is 0 Å². The Morgan fingerprint density at radius 1 is 1.26 bits per heavy atom. The molecule has 0 aliphatic heterocycles. The van der Waals surface area contributed by atoms with E-state index in [0.717, 1.165) is 6.54 Å². The summed E-state index contributed by atoms with van der Waals surface area (Å²) in [6, 6.07) is 7.42. The van der Waals surface area contributed by atoms with E-state index in [-0.39, 0.29) is 0 Å². The molecule has 0 radical (unpaired) electrons. The van der Waals surface area contributed by atoms with Gasteiger partial charge in [0.15, 0.2) is 0 Å². The van der Waals surface area contributed by atoms with E-state index in [0.29, 0.717) is 22.4 Å². The van der Waals surface area contributed by atoms with Crippen LogP contribution in [0, 0.1) is 6.92 Å². The quantitative estimate of drug-likeness (QED) is 0.866. The molecule has 1 aromatic carbocycles. The molecule has 19 heavy (non-hydrogen) atoms. The van der Waals surface area contributed by atoms with Crippen molar-refractivity contribution in [3.05, 3.63) is 49.6 Å². The summed E-state index contributed by atoms with van der Waals surface area (Å²) in [5.74, 6) is 0.659. The van der Waals surface area contributed by atoms with E-state index in [2.05, 4.69) is 18.3 Å². The number of ether oxygens (including phenoxy) is 1. The van der Waals surface area contributed by atoms with Crippen LogP contribution in [0.1, 0.15) is 15.3 Å². The van der Waals surface area contributed by atoms with Crippen molar-refractivity contribution in [2.75, 3.05) is 7.05 Å². The van der Waals surface area contributed by atoms with E-state index >= 15 is 0 Å². The summed E-state index contributed by atoms with van der Waals surface area (Å²) in [5.41, 5.74) is 1.20. The molecule has 2 rings (SSSR count). The Kier molecular flexibility index (Phi) is 5.11. The molecule has 2 nitrogen and oxygen atoms in total. The first kappa shape index (κ1) is 14.7. The molecule has 0 unspecified atom stereocenters. The second-order valence-electron chi connectivity index (χ2n) is 4.19. The maximum atomic E-state index is 6.07. The first-order chi connectivity index (χ1) is 9.10. The average molecular weight is 316 g/mol. The average Bonchev–Trinajstić information content (AvgIpc) is 2.69. The fourth-order valence-corrected chi connectivity index (χ4v) is 3.26. The van der Waals surface area contributed by atoms with Crippen LogP contribution in [-0.4, -0.2) is 7.05 Å². The third-order valence-electron chi connectivity index (χ3n) is 2.70. The number of thiophene rings is 1. The highest BCUT2D eigenvalue weighted by atomic mass is 35.5. The Morgan fingerprint density at radius 3 is 2.74 bits per heavy atom. The first-order valence-electron chi connectivity index (χ1n) is 5.91. The number of nitrogens with one attached hydrogen (secondary N) is 1. The van der Waals surface area contributed by atoms with Gasteiger partial charge < -0.3 is 10.1 Å². The first-order valence-corrected chi connectivity index (χ1v) is 7.48. The Labute approximate surface area is 127 Å². The Hall–Kier alpha value is -0.740. The van der Waals surface area contributed by atoms with Crippen LogP contribution in [0.15, 0.2) is 24.3 Å². The van der Waals surface area contributed by atoms with E-state index in [1.54, 1.807) is 29.5 Å². The zero-order valence-corrected chi connectivity index (χ0v) is 13.1. The highest BCUT2D eigenvalue weighted by Crippen LogP contribution is 2.29. The van der Waals surface area contributed by atoms with Gasteiger partial charge in [-0.25, -0.2) is 0 Å². The third-order valence-corrected chi connectivity index (χ3v) is 4.32. The summed E-state index contributed by atoms with van der Waals surface area (Å²) in [5, 5.41) is 4.30. The lowest BCUT2D eigenvalue weighted by Gasteiger charge is -2.07. The molecular weight excluding hydrogens is 301 g/mol. The minimum absolute atomic E-state index is 0.521. The zero-order chi connectivity index (χ0) is 13.8. The van der Waals surface area contributed by atoms with Crippen molar-refractivity contribution in [1.82, 2.24) is 5.32 Å². The molecular formula is C14H15Cl2NOS. The van der Waals surface area contributed by atoms with Crippen molar-refractivity contribution >= 4 is 34.5 Å². The van der Waals surface area contributed by atoms with Gasteiger partial charge in [-0.3, -0.25) is 0 Å². The molecule has 1 heterocycles. The molecule has 0 atom stereocenters. The van der Waals surface area contributed by atoms with Crippen molar-refractivity contribution < 1.29 is 4.74 Å². The van der Waals surface area contributed by atoms with E-state index in [1.165, 1.54) is 15.3 Å². The molecule has 0 amide bonds. The summed E-state index contributed by atoms with van der Waals surface area (Å²) in [7, 11) is 1.94. The largest absolute Gasteiger partial charge is 0.487 e. The predicted octanol–water partition coefficient (Wildman–Crippen LogP) is 4.66. The number of benzene rings is 1. The lowest BCUT2D eigenvalue weighted by Crippen LogP contribution is -2.02. The highest BCUT2D eigenvalue weighted by Gasteiger charge is 2.07. The number of hydrogen-bond acceptors (Lipinski definition) is 3. The molecule has 0 saturated carbocycles. The molecule has 0 bridgehead atoms. The summed E-state index contributed by atoms with van der Waals surface area (Å²) >= 11 is 13.7. The van der Waals surface area contributed by atoms with Gasteiger partial charge in [0.2, 0.25) is 0 Å². The van der Waals surface area contributed by atoms with Crippen LogP contribution in [0.2, 0.25) is 10.0 Å². The topological polar surface area (TPSA) is 21.3 Å². The molecule has 1 N–H and O–H groups in total. The molecule has 0 saturated heterocycles. The molecule has 0 fully saturated rings. The van der Waals surface area contributed by atoms with E-state index in [4.69, 9.17) is 27.9 Å². The molecule has 0 aliphatic rings. The fraction of sp³-hybridized carbons (Fsp3) is 0.286. The van der Waals surface area contributed by atoms with Gasteiger partial charge in [0.1, 0.15) is 12.4 Å². The van der Waals surface area contributed by atoms with Gasteiger partial charge in [-0.05, 0) is 38.2 Å². The molecule has 0 aliphatic carbocycles. The van der Waals surface area contributed by atoms with E-state index < -0.39 is 0 Å². The van der Waals surface area contributed by atoms with Crippen LogP contribution in [0.3, 0.4) is 0 Å². The molecule has 1 aromatic heterocycles. The van der Waals surface area contributed by atoms with E-state index in [1.807, 2.05) is 7.05 Å². The zero-order valence-electron chi connectivity index (χ0n) is 10.8.